The van der Waals surface area contributed by atoms with Gasteiger partial charge in [0.25, 0.3) is 0 Å². The molecular weight excluding hydrogens is 392 g/mol. The summed E-state index contributed by atoms with van der Waals surface area (Å²) in [6, 6.07) is 15.6. The van der Waals surface area contributed by atoms with Gasteiger partial charge in [0.2, 0.25) is 0 Å². The normalized spacial score (nSPS) is 11.4. The first-order valence-electron chi connectivity index (χ1n) is 8.90. The van der Waals surface area contributed by atoms with E-state index in [2.05, 4.69) is 24.0 Å². The SMILES string of the molecule is COc1ccc(-n2c(Cn3c(=O)sc4ccccc43)nnc2SC(C)C)cc1. The Morgan fingerprint density at radius 3 is 2.57 bits per heavy atom. The minimum atomic E-state index is 0.00328. The predicted octanol–water partition coefficient (Wildman–Crippen LogP) is 4.20. The van der Waals surface area contributed by atoms with Crippen LogP contribution in [0.4, 0.5) is 0 Å². The molecule has 2 aromatic carbocycles. The lowest BCUT2D eigenvalue weighted by molar-refractivity contribution is 0.414. The van der Waals surface area contributed by atoms with Gasteiger partial charge in [0.15, 0.2) is 11.0 Å². The zero-order valence-electron chi connectivity index (χ0n) is 15.8. The van der Waals surface area contributed by atoms with Gasteiger partial charge in [-0.2, -0.15) is 0 Å². The molecule has 0 radical (unpaired) electrons. The molecule has 2 heterocycles. The van der Waals surface area contributed by atoms with E-state index in [0.29, 0.717) is 11.8 Å². The lowest BCUT2D eigenvalue weighted by Gasteiger charge is -2.12. The third-order valence-corrected chi connectivity index (χ3v) is 6.15. The van der Waals surface area contributed by atoms with E-state index in [0.717, 1.165) is 32.6 Å². The summed E-state index contributed by atoms with van der Waals surface area (Å²) in [5, 5.41) is 9.98. The lowest BCUT2D eigenvalue weighted by Crippen LogP contribution is -2.17. The van der Waals surface area contributed by atoms with Crippen LogP contribution in [0, 0.1) is 0 Å². The first-order chi connectivity index (χ1) is 13.6. The maximum atomic E-state index is 12.6. The molecule has 0 unspecified atom stereocenters. The van der Waals surface area contributed by atoms with Crippen molar-refractivity contribution in [1.82, 2.24) is 19.3 Å². The van der Waals surface area contributed by atoms with Gasteiger partial charge in [-0.15, -0.1) is 10.2 Å². The molecule has 0 N–H and O–H groups in total. The van der Waals surface area contributed by atoms with E-state index in [1.165, 1.54) is 11.3 Å². The number of methoxy groups -OCH3 is 1. The summed E-state index contributed by atoms with van der Waals surface area (Å²) in [5.74, 6) is 1.51. The van der Waals surface area contributed by atoms with Gasteiger partial charge in [-0.05, 0) is 36.4 Å². The van der Waals surface area contributed by atoms with Gasteiger partial charge < -0.3 is 4.74 Å². The van der Waals surface area contributed by atoms with E-state index < -0.39 is 0 Å². The molecule has 28 heavy (non-hydrogen) atoms. The first-order valence-corrected chi connectivity index (χ1v) is 10.6. The largest absolute Gasteiger partial charge is 0.497 e. The van der Waals surface area contributed by atoms with Crippen molar-refractivity contribution in [1.29, 1.82) is 0 Å². The van der Waals surface area contributed by atoms with Gasteiger partial charge >= 0.3 is 4.87 Å². The number of para-hydroxylation sites is 1. The number of thiazole rings is 1. The number of aromatic nitrogens is 4. The molecule has 0 aliphatic rings. The molecule has 0 amide bonds. The average Bonchev–Trinajstić information content (AvgIpc) is 3.22. The van der Waals surface area contributed by atoms with E-state index in [4.69, 9.17) is 4.74 Å². The van der Waals surface area contributed by atoms with Crippen LogP contribution in [-0.4, -0.2) is 31.7 Å². The number of nitrogens with zero attached hydrogens (tertiary/aromatic N) is 4. The fourth-order valence-electron chi connectivity index (χ4n) is 2.99. The number of benzene rings is 2. The Labute approximate surface area is 170 Å². The molecule has 0 aliphatic carbocycles. The summed E-state index contributed by atoms with van der Waals surface area (Å²) in [4.78, 5) is 12.6. The molecule has 8 heteroatoms. The van der Waals surface area contributed by atoms with Crippen LogP contribution in [-0.2, 0) is 6.54 Å². The van der Waals surface area contributed by atoms with E-state index >= 15 is 0 Å². The Morgan fingerprint density at radius 1 is 1.11 bits per heavy atom. The van der Waals surface area contributed by atoms with E-state index in [1.54, 1.807) is 23.4 Å². The third-order valence-electron chi connectivity index (χ3n) is 4.25. The topological polar surface area (TPSA) is 61.9 Å². The number of thioether (sulfide) groups is 1. The van der Waals surface area contributed by atoms with Gasteiger partial charge in [0.05, 0.1) is 23.9 Å². The summed E-state index contributed by atoms with van der Waals surface area (Å²) in [6.45, 7) is 4.60. The first kappa shape index (κ1) is 18.8. The van der Waals surface area contributed by atoms with E-state index in [9.17, 15) is 4.79 Å². The minimum absolute atomic E-state index is 0.00328. The fraction of sp³-hybridized carbons (Fsp3) is 0.250. The van der Waals surface area contributed by atoms with Gasteiger partial charge in [-0.1, -0.05) is 49.1 Å². The standard InChI is InChI=1S/C20H20N4O2S2/c1-13(2)27-19-22-21-18(24(19)14-8-10-15(26-3)11-9-14)12-23-16-6-4-5-7-17(16)28-20(23)25/h4-11,13H,12H2,1-3H3. The molecule has 144 valence electrons. The van der Waals surface area contributed by atoms with Crippen LogP contribution >= 0.6 is 23.1 Å². The quantitative estimate of drug-likeness (QED) is 0.444. The monoisotopic (exact) mass is 412 g/mol. The van der Waals surface area contributed by atoms with Crippen LogP contribution in [0.15, 0.2) is 58.5 Å². The van der Waals surface area contributed by atoms with Gasteiger partial charge in [0, 0.05) is 10.9 Å². The highest BCUT2D eigenvalue weighted by molar-refractivity contribution is 7.99. The van der Waals surface area contributed by atoms with Crippen LogP contribution in [0.3, 0.4) is 0 Å². The predicted molar refractivity (Wildman–Crippen MR) is 114 cm³/mol. The van der Waals surface area contributed by atoms with Gasteiger partial charge in [0.1, 0.15) is 5.75 Å². The highest BCUT2D eigenvalue weighted by Crippen LogP contribution is 2.27. The lowest BCUT2D eigenvalue weighted by atomic mass is 10.3. The number of ether oxygens (including phenoxy) is 1. The molecule has 6 nitrogen and oxygen atoms in total. The van der Waals surface area contributed by atoms with Crippen molar-refractivity contribution < 1.29 is 4.74 Å². The molecule has 0 fully saturated rings. The van der Waals surface area contributed by atoms with Gasteiger partial charge in [-0.3, -0.25) is 13.9 Å². The second kappa shape index (κ2) is 7.81. The highest BCUT2D eigenvalue weighted by atomic mass is 32.2. The molecule has 4 aromatic rings. The van der Waals surface area contributed by atoms with E-state index in [-0.39, 0.29) is 4.87 Å². The molecule has 0 spiro atoms. The highest BCUT2D eigenvalue weighted by Gasteiger charge is 2.18. The van der Waals surface area contributed by atoms with Crippen LogP contribution in [0.25, 0.3) is 15.9 Å². The summed E-state index contributed by atoms with van der Waals surface area (Å²) in [7, 11) is 1.65. The summed E-state index contributed by atoms with van der Waals surface area (Å²) in [5.41, 5.74) is 1.86. The maximum Gasteiger partial charge on any atom is 0.308 e. The van der Waals surface area contributed by atoms with Crippen molar-refractivity contribution in [3.8, 4) is 11.4 Å². The molecular formula is C20H20N4O2S2. The van der Waals surface area contributed by atoms with Gasteiger partial charge in [-0.25, -0.2) is 0 Å². The number of rotatable bonds is 6. The number of fused-ring (bicyclic) bond motifs is 1. The number of hydrogen-bond donors (Lipinski definition) is 0. The maximum absolute atomic E-state index is 12.6. The zero-order chi connectivity index (χ0) is 19.7. The Kier molecular flexibility index (Phi) is 5.23. The average molecular weight is 413 g/mol. The Bertz CT molecular complexity index is 1160. The smallest absolute Gasteiger partial charge is 0.308 e. The van der Waals surface area contributed by atoms with Crippen molar-refractivity contribution >= 4 is 33.3 Å². The summed E-state index contributed by atoms with van der Waals surface area (Å²) < 4.78 is 10.0. The molecule has 4 rings (SSSR count). The Balaban J connectivity index is 1.81. The summed E-state index contributed by atoms with van der Waals surface area (Å²) >= 11 is 2.89. The molecule has 0 aliphatic heterocycles. The van der Waals surface area contributed by atoms with Crippen LogP contribution in [0.1, 0.15) is 19.7 Å². The van der Waals surface area contributed by atoms with Crippen molar-refractivity contribution in [2.24, 2.45) is 0 Å². The van der Waals surface area contributed by atoms with Crippen molar-refractivity contribution in [2.45, 2.75) is 30.8 Å². The number of hydrogen-bond acceptors (Lipinski definition) is 6. The van der Waals surface area contributed by atoms with E-state index in [1.807, 2.05) is 53.1 Å². The molecule has 2 aromatic heterocycles. The minimum Gasteiger partial charge on any atom is -0.497 e. The van der Waals surface area contributed by atoms with Crippen LogP contribution in [0.5, 0.6) is 5.75 Å². The van der Waals surface area contributed by atoms with Crippen molar-refractivity contribution in [2.75, 3.05) is 7.11 Å². The van der Waals surface area contributed by atoms with Crippen LogP contribution in [0.2, 0.25) is 0 Å². The zero-order valence-corrected chi connectivity index (χ0v) is 17.5. The Morgan fingerprint density at radius 2 is 1.86 bits per heavy atom. The third kappa shape index (κ3) is 3.57. The molecule has 0 bridgehead atoms. The second-order valence-corrected chi connectivity index (χ2v) is 9.06. The summed E-state index contributed by atoms with van der Waals surface area (Å²) in [6.07, 6.45) is 0. The second-order valence-electron chi connectivity index (χ2n) is 6.52. The fourth-order valence-corrected chi connectivity index (χ4v) is 4.70. The van der Waals surface area contributed by atoms with Crippen molar-refractivity contribution in [3.63, 3.8) is 0 Å². The molecule has 0 saturated heterocycles. The molecule has 0 atom stereocenters. The van der Waals surface area contributed by atoms with Crippen molar-refractivity contribution in [3.05, 3.63) is 64.0 Å². The van der Waals surface area contributed by atoms with Crippen LogP contribution < -0.4 is 9.61 Å². The Hall–Kier alpha value is -2.58. The molecule has 0 saturated carbocycles.